The molecule has 3 atom stereocenters. The molecule has 0 saturated carbocycles. The van der Waals surface area contributed by atoms with E-state index in [1.165, 1.54) is 20.0 Å². The van der Waals surface area contributed by atoms with E-state index >= 15 is 0 Å². The monoisotopic (exact) mass is 432 g/mol. The first-order valence-electron chi connectivity index (χ1n) is 8.51. The first-order valence-corrected chi connectivity index (χ1v) is 15.3. The van der Waals surface area contributed by atoms with Gasteiger partial charge in [0.05, 0.1) is 0 Å². The second-order valence-corrected chi connectivity index (χ2v) is 13.7. The van der Waals surface area contributed by atoms with Crippen LogP contribution in [0.3, 0.4) is 0 Å². The molecule has 0 fully saturated rings. The van der Waals surface area contributed by atoms with Crippen LogP contribution in [0.2, 0.25) is 0 Å². The predicted molar refractivity (Wildman–Crippen MR) is 106 cm³/mol. The molecule has 0 aromatic heterocycles. The van der Waals surface area contributed by atoms with Crippen molar-refractivity contribution in [3.63, 3.8) is 0 Å². The van der Waals surface area contributed by atoms with Crippen LogP contribution in [0.1, 0.15) is 59.3 Å². The van der Waals surface area contributed by atoms with Crippen LogP contribution in [0, 0.1) is 0 Å². The smallest absolute Gasteiger partial charge is 0.799 e. The molecule has 0 amide bonds. The summed E-state index contributed by atoms with van der Waals surface area (Å²) in [6.45, 7) is 9.83. The molecule has 0 heterocycles. The minimum Gasteiger partial charge on any atom is -0.799 e. The van der Waals surface area contributed by atoms with Crippen molar-refractivity contribution in [2.45, 2.75) is 59.3 Å². The Bertz CT molecular complexity index is 352. The molecule has 150 valence electrons. The predicted octanol–water partition coefficient (Wildman–Crippen LogP) is 2.78. The third-order valence-corrected chi connectivity index (χ3v) is 6.14. The summed E-state index contributed by atoms with van der Waals surface area (Å²) in [6.07, 6.45) is 6.38. The summed E-state index contributed by atoms with van der Waals surface area (Å²) in [5, 5.41) is 0. The zero-order valence-electron chi connectivity index (χ0n) is 16.7. The summed E-state index contributed by atoms with van der Waals surface area (Å²) in [7, 11) is -8.80. The molecule has 0 spiro atoms. The summed E-state index contributed by atoms with van der Waals surface area (Å²) < 4.78 is 31.3. The third-order valence-electron chi connectivity index (χ3n) is 2.75. The Balaban J connectivity index is -0.000000130. The SMILES string of the molecule is CCCCP(C)(=O)[O-].CCCCP(C)(=O)[O-].CCCCP(C)(=O)[O-].[Al+3]. The molecular formula is C15H36AlO6P3. The minimum atomic E-state index is -2.93. The topological polar surface area (TPSA) is 120 Å². The van der Waals surface area contributed by atoms with Gasteiger partial charge in [-0.05, 0) is 57.7 Å². The molecule has 0 N–H and O–H groups in total. The van der Waals surface area contributed by atoms with Gasteiger partial charge < -0.3 is 28.4 Å². The number of rotatable bonds is 9. The second-order valence-electron chi connectivity index (χ2n) is 6.27. The van der Waals surface area contributed by atoms with Crippen molar-refractivity contribution in [1.29, 1.82) is 0 Å². The van der Waals surface area contributed by atoms with Crippen molar-refractivity contribution < 1.29 is 28.4 Å². The van der Waals surface area contributed by atoms with Crippen molar-refractivity contribution in [3.05, 3.63) is 0 Å². The molecule has 0 aliphatic heterocycles. The number of hydrogen-bond acceptors (Lipinski definition) is 6. The van der Waals surface area contributed by atoms with Gasteiger partial charge in [-0.2, -0.15) is 0 Å². The van der Waals surface area contributed by atoms with Gasteiger partial charge in [0.2, 0.25) is 0 Å². The summed E-state index contributed by atoms with van der Waals surface area (Å²) in [5.41, 5.74) is 0. The fourth-order valence-corrected chi connectivity index (χ4v) is 4.01. The van der Waals surface area contributed by atoms with E-state index in [1.807, 2.05) is 20.8 Å². The van der Waals surface area contributed by atoms with Crippen molar-refractivity contribution >= 4 is 39.5 Å². The summed E-state index contributed by atoms with van der Waals surface area (Å²) >= 11 is 0. The van der Waals surface area contributed by atoms with Gasteiger partial charge in [0.25, 0.3) is 0 Å². The molecule has 6 nitrogen and oxygen atoms in total. The summed E-state index contributed by atoms with van der Waals surface area (Å²) in [4.78, 5) is 31.3. The molecule has 0 aliphatic rings. The van der Waals surface area contributed by atoms with Crippen LogP contribution < -0.4 is 14.7 Å². The molecular weight excluding hydrogens is 396 g/mol. The first-order chi connectivity index (χ1) is 10.7. The zero-order chi connectivity index (χ0) is 19.9. The second kappa shape index (κ2) is 18.5. The van der Waals surface area contributed by atoms with Gasteiger partial charge in [0.1, 0.15) is 0 Å². The average molecular weight is 432 g/mol. The maximum Gasteiger partial charge on any atom is 3.00 e. The molecule has 3 unspecified atom stereocenters. The zero-order valence-corrected chi connectivity index (χ0v) is 20.6. The molecule has 0 rings (SSSR count). The van der Waals surface area contributed by atoms with Crippen LogP contribution in [-0.2, 0) is 13.7 Å². The maximum atomic E-state index is 10.4. The van der Waals surface area contributed by atoms with Crippen LogP contribution in [0.25, 0.3) is 0 Å². The van der Waals surface area contributed by atoms with E-state index in [4.69, 9.17) is 0 Å². The van der Waals surface area contributed by atoms with Crippen LogP contribution >= 0.6 is 22.1 Å². The van der Waals surface area contributed by atoms with Gasteiger partial charge in [-0.1, -0.05) is 40.0 Å². The van der Waals surface area contributed by atoms with Gasteiger partial charge in [-0.15, -0.1) is 0 Å². The van der Waals surface area contributed by atoms with Crippen molar-refractivity contribution in [2.75, 3.05) is 38.5 Å². The fraction of sp³-hybridized carbons (Fsp3) is 1.00. The van der Waals surface area contributed by atoms with E-state index in [1.54, 1.807) is 0 Å². The van der Waals surface area contributed by atoms with Crippen LogP contribution in [-0.4, -0.2) is 55.8 Å². The molecule has 0 radical (unpaired) electrons. The molecule has 0 aromatic rings. The molecule has 0 aliphatic carbocycles. The molecule has 0 bridgehead atoms. The molecule has 0 saturated heterocycles. The van der Waals surface area contributed by atoms with Gasteiger partial charge in [0, 0.05) is 22.1 Å². The van der Waals surface area contributed by atoms with Crippen molar-refractivity contribution in [3.8, 4) is 0 Å². The number of unbranched alkanes of at least 4 members (excludes halogenated alkanes) is 3. The Labute approximate surface area is 165 Å². The van der Waals surface area contributed by atoms with Gasteiger partial charge in [0.15, 0.2) is 0 Å². The Morgan fingerprint density at radius 1 is 0.560 bits per heavy atom. The third kappa shape index (κ3) is 51.7. The van der Waals surface area contributed by atoms with Crippen LogP contribution in [0.4, 0.5) is 0 Å². The molecule has 0 aromatic carbocycles. The Hall–Kier alpha value is 1.10. The van der Waals surface area contributed by atoms with Crippen molar-refractivity contribution in [1.82, 2.24) is 0 Å². The van der Waals surface area contributed by atoms with E-state index in [-0.39, 0.29) is 17.4 Å². The van der Waals surface area contributed by atoms with E-state index in [2.05, 4.69) is 0 Å². The van der Waals surface area contributed by atoms with Gasteiger partial charge in [-0.3, -0.25) is 0 Å². The largest absolute Gasteiger partial charge is 3.00 e. The Morgan fingerprint density at radius 3 is 0.760 bits per heavy atom. The fourth-order valence-electron chi connectivity index (χ4n) is 1.34. The summed E-state index contributed by atoms with van der Waals surface area (Å²) in [5.74, 6) is 0. The van der Waals surface area contributed by atoms with Crippen LogP contribution in [0.5, 0.6) is 0 Å². The van der Waals surface area contributed by atoms with Crippen molar-refractivity contribution in [2.24, 2.45) is 0 Å². The minimum absolute atomic E-state index is 0. The Kier molecular flexibility index (Phi) is 24.9. The van der Waals surface area contributed by atoms with E-state index in [9.17, 15) is 28.4 Å². The van der Waals surface area contributed by atoms with E-state index < -0.39 is 22.1 Å². The van der Waals surface area contributed by atoms with Crippen LogP contribution in [0.15, 0.2) is 0 Å². The quantitative estimate of drug-likeness (QED) is 0.408. The first kappa shape index (κ1) is 33.7. The Morgan fingerprint density at radius 2 is 0.720 bits per heavy atom. The molecule has 25 heavy (non-hydrogen) atoms. The van der Waals surface area contributed by atoms with E-state index in [0.29, 0.717) is 18.5 Å². The molecule has 10 heteroatoms. The summed E-state index contributed by atoms with van der Waals surface area (Å²) in [6, 6.07) is 0. The average Bonchev–Trinajstić information content (AvgIpc) is 2.39. The standard InChI is InChI=1S/3C5H13O2P.Al/c3*1-3-4-5-8(2,6)7;/h3*3-5H2,1-2H3,(H,6,7);/q;;;+3/p-3. The van der Waals surface area contributed by atoms with Gasteiger partial charge in [-0.25, -0.2) is 0 Å². The normalized spacial score (nSPS) is 17.2. The van der Waals surface area contributed by atoms with Gasteiger partial charge >= 0.3 is 17.4 Å². The number of hydrogen-bond donors (Lipinski definition) is 0. The van der Waals surface area contributed by atoms with E-state index in [0.717, 1.165) is 38.5 Å². The maximum absolute atomic E-state index is 10.4.